The lowest BCUT2D eigenvalue weighted by Gasteiger charge is -2.38. The summed E-state index contributed by atoms with van der Waals surface area (Å²) >= 11 is 0. The van der Waals surface area contributed by atoms with Gasteiger partial charge in [-0.05, 0) is 79.9 Å². The normalized spacial score (nSPS) is 26.9. The second kappa shape index (κ2) is 12.4. The Kier molecular flexibility index (Phi) is 9.92. The molecule has 3 rings (SSSR count). The number of rotatable bonds is 10. The smallest absolute Gasteiger partial charge is 0.206 e. The maximum Gasteiger partial charge on any atom is 0.419 e. The van der Waals surface area contributed by atoms with E-state index in [-0.39, 0.29) is 5.92 Å². The van der Waals surface area contributed by atoms with E-state index in [1.165, 1.54) is 77.0 Å². The molecule has 4 heteroatoms. The molecule has 0 heterocycles. The van der Waals surface area contributed by atoms with E-state index >= 15 is 0 Å². The first kappa shape index (κ1) is 25.6. The van der Waals surface area contributed by atoms with Crippen LogP contribution in [-0.4, -0.2) is 0 Å². The predicted molar refractivity (Wildman–Crippen MR) is 124 cm³/mol. The molecule has 0 aliphatic heterocycles. The third-order valence-corrected chi connectivity index (χ3v) is 8.31. The van der Waals surface area contributed by atoms with E-state index in [2.05, 4.69) is 6.92 Å². The van der Waals surface area contributed by atoms with Crippen molar-refractivity contribution in [2.45, 2.75) is 122 Å². The molecule has 2 saturated carbocycles. The molecule has 0 bridgehead atoms. The van der Waals surface area contributed by atoms with E-state index in [1.54, 1.807) is 6.07 Å². The Hall–Kier alpha value is -1.06. The molecule has 0 amide bonds. The summed E-state index contributed by atoms with van der Waals surface area (Å²) in [4.78, 5) is 0. The number of benzene rings is 1. The summed E-state index contributed by atoms with van der Waals surface area (Å²) in [6.07, 6.45) is 16.0. The van der Waals surface area contributed by atoms with Gasteiger partial charge in [0.05, 0.1) is 5.56 Å². The Morgan fingerprint density at radius 1 is 0.750 bits per heavy atom. The van der Waals surface area contributed by atoms with Crippen LogP contribution in [0.3, 0.4) is 0 Å². The van der Waals surface area contributed by atoms with Crippen molar-refractivity contribution in [3.63, 3.8) is 0 Å². The highest BCUT2D eigenvalue weighted by atomic mass is 19.4. The van der Waals surface area contributed by atoms with Gasteiger partial charge >= 0.3 is 6.18 Å². The van der Waals surface area contributed by atoms with Crippen molar-refractivity contribution in [1.82, 2.24) is 0 Å². The third kappa shape index (κ3) is 7.48. The average molecular weight is 455 g/mol. The van der Waals surface area contributed by atoms with Crippen LogP contribution in [-0.2, 0) is 6.18 Å². The topological polar surface area (TPSA) is 0 Å². The minimum absolute atomic E-state index is 0.140. The van der Waals surface area contributed by atoms with Gasteiger partial charge < -0.3 is 0 Å². The van der Waals surface area contributed by atoms with Gasteiger partial charge in [0.1, 0.15) is 5.82 Å². The summed E-state index contributed by atoms with van der Waals surface area (Å²) < 4.78 is 52.8. The quantitative estimate of drug-likeness (QED) is 0.244. The minimum atomic E-state index is -4.62. The Labute approximate surface area is 192 Å². The van der Waals surface area contributed by atoms with Gasteiger partial charge in [0.15, 0.2) is 0 Å². The van der Waals surface area contributed by atoms with E-state index in [0.717, 1.165) is 55.6 Å². The van der Waals surface area contributed by atoms with E-state index in [1.807, 2.05) is 0 Å². The van der Waals surface area contributed by atoms with Crippen molar-refractivity contribution >= 4 is 0 Å². The van der Waals surface area contributed by atoms with Gasteiger partial charge in [0.2, 0.25) is 0 Å². The summed E-state index contributed by atoms with van der Waals surface area (Å²) in [6.45, 7) is 2.26. The number of halogens is 4. The second-order valence-electron chi connectivity index (χ2n) is 10.5. The molecule has 0 unspecified atom stereocenters. The van der Waals surface area contributed by atoms with Crippen molar-refractivity contribution in [2.24, 2.45) is 17.8 Å². The number of alkyl halides is 3. The van der Waals surface area contributed by atoms with Crippen molar-refractivity contribution < 1.29 is 17.6 Å². The zero-order chi connectivity index (χ0) is 23.0. The highest BCUT2D eigenvalue weighted by Crippen LogP contribution is 2.45. The standard InChI is InChI=1S/C28H42F4/c1-2-3-4-5-6-7-8-9-21-10-12-22(13-11-21)23-14-16-24(17-15-23)25-18-19-27(29)26(20-25)28(30,31)32/h18-24H,2-17H2,1H3. The summed E-state index contributed by atoms with van der Waals surface area (Å²) in [7, 11) is 0. The predicted octanol–water partition coefficient (Wildman–Crippen LogP) is 10.1. The van der Waals surface area contributed by atoms with E-state index in [0.29, 0.717) is 5.56 Å². The Morgan fingerprint density at radius 2 is 1.31 bits per heavy atom. The first-order valence-electron chi connectivity index (χ1n) is 13.2. The SMILES string of the molecule is CCCCCCCCCC1CCC(C2CCC(c3ccc(F)c(C(F)(F)F)c3)CC2)CC1. The molecule has 32 heavy (non-hydrogen) atoms. The third-order valence-electron chi connectivity index (χ3n) is 8.31. The van der Waals surface area contributed by atoms with Gasteiger partial charge in [-0.2, -0.15) is 13.2 Å². The molecule has 0 saturated heterocycles. The van der Waals surface area contributed by atoms with Crippen LogP contribution >= 0.6 is 0 Å². The largest absolute Gasteiger partial charge is 0.419 e. The fourth-order valence-corrected chi connectivity index (χ4v) is 6.28. The summed E-state index contributed by atoms with van der Waals surface area (Å²) in [5, 5.41) is 0. The van der Waals surface area contributed by atoms with Crippen LogP contribution in [0.15, 0.2) is 18.2 Å². The van der Waals surface area contributed by atoms with Crippen molar-refractivity contribution in [3.05, 3.63) is 35.1 Å². The number of unbranched alkanes of at least 4 members (excludes halogenated alkanes) is 6. The molecule has 0 aromatic heterocycles. The molecule has 1 aromatic carbocycles. The van der Waals surface area contributed by atoms with Gasteiger partial charge in [-0.15, -0.1) is 0 Å². The fourth-order valence-electron chi connectivity index (χ4n) is 6.28. The van der Waals surface area contributed by atoms with E-state index < -0.39 is 17.6 Å². The van der Waals surface area contributed by atoms with Gasteiger partial charge in [-0.3, -0.25) is 0 Å². The van der Waals surface area contributed by atoms with Crippen LogP contribution in [0.4, 0.5) is 17.6 Å². The van der Waals surface area contributed by atoms with Crippen LogP contribution in [0.2, 0.25) is 0 Å². The van der Waals surface area contributed by atoms with Crippen molar-refractivity contribution in [1.29, 1.82) is 0 Å². The van der Waals surface area contributed by atoms with Crippen LogP contribution in [0.5, 0.6) is 0 Å². The molecule has 0 nitrogen and oxygen atoms in total. The van der Waals surface area contributed by atoms with Gasteiger partial charge in [-0.1, -0.05) is 77.2 Å². The molecule has 1 aromatic rings. The second-order valence-corrected chi connectivity index (χ2v) is 10.5. The average Bonchev–Trinajstić information content (AvgIpc) is 2.79. The van der Waals surface area contributed by atoms with Crippen LogP contribution in [0, 0.1) is 23.6 Å². The Morgan fingerprint density at radius 3 is 1.91 bits per heavy atom. The minimum Gasteiger partial charge on any atom is -0.206 e. The van der Waals surface area contributed by atoms with E-state index in [4.69, 9.17) is 0 Å². The summed E-state index contributed by atoms with van der Waals surface area (Å²) in [5.74, 6) is 1.43. The van der Waals surface area contributed by atoms with E-state index in [9.17, 15) is 17.6 Å². The molecule has 0 N–H and O–H groups in total. The zero-order valence-corrected chi connectivity index (χ0v) is 19.9. The summed E-state index contributed by atoms with van der Waals surface area (Å²) in [6, 6.07) is 3.61. The Bertz CT molecular complexity index is 665. The van der Waals surface area contributed by atoms with Crippen molar-refractivity contribution in [3.8, 4) is 0 Å². The molecular formula is C28H42F4. The number of hydrogen-bond donors (Lipinski definition) is 0. The first-order valence-corrected chi connectivity index (χ1v) is 13.2. The lowest BCUT2D eigenvalue weighted by Crippen LogP contribution is -2.25. The molecule has 0 spiro atoms. The highest BCUT2D eigenvalue weighted by Gasteiger charge is 2.36. The highest BCUT2D eigenvalue weighted by molar-refractivity contribution is 5.30. The maximum atomic E-state index is 13.6. The molecule has 2 aliphatic carbocycles. The lowest BCUT2D eigenvalue weighted by molar-refractivity contribution is -0.140. The van der Waals surface area contributed by atoms with Crippen LogP contribution in [0.25, 0.3) is 0 Å². The fraction of sp³-hybridized carbons (Fsp3) is 0.786. The molecule has 2 fully saturated rings. The monoisotopic (exact) mass is 454 g/mol. The lowest BCUT2D eigenvalue weighted by atomic mass is 9.68. The molecule has 0 atom stereocenters. The number of hydrogen-bond acceptors (Lipinski definition) is 0. The van der Waals surface area contributed by atoms with Gasteiger partial charge in [0.25, 0.3) is 0 Å². The molecule has 2 aliphatic rings. The van der Waals surface area contributed by atoms with Gasteiger partial charge in [0, 0.05) is 0 Å². The maximum absolute atomic E-state index is 13.6. The van der Waals surface area contributed by atoms with Crippen molar-refractivity contribution in [2.75, 3.05) is 0 Å². The first-order chi connectivity index (χ1) is 15.4. The van der Waals surface area contributed by atoms with Crippen LogP contribution < -0.4 is 0 Å². The van der Waals surface area contributed by atoms with Gasteiger partial charge in [-0.25, -0.2) is 4.39 Å². The summed E-state index contributed by atoms with van der Waals surface area (Å²) in [5.41, 5.74) is -0.452. The zero-order valence-electron chi connectivity index (χ0n) is 19.9. The molecule has 182 valence electrons. The molecule has 0 radical (unpaired) electrons. The van der Waals surface area contributed by atoms with Crippen LogP contribution in [0.1, 0.15) is 127 Å². The Balaban J connectivity index is 1.36. The molecular weight excluding hydrogens is 412 g/mol.